The fraction of sp³-hybridized carbons (Fsp3) is 0.118. The number of aromatic nitrogens is 3. The predicted molar refractivity (Wildman–Crippen MR) is 85.6 cm³/mol. The fourth-order valence-corrected chi connectivity index (χ4v) is 2.13. The van der Waals surface area contributed by atoms with Gasteiger partial charge in [0, 0.05) is 6.54 Å². The van der Waals surface area contributed by atoms with Gasteiger partial charge in [0.25, 0.3) is 5.91 Å². The Hall–Kier alpha value is -3.29. The quantitative estimate of drug-likeness (QED) is 0.747. The first-order valence-electron chi connectivity index (χ1n) is 7.41. The minimum Gasteiger partial charge on any atom is -0.435 e. The van der Waals surface area contributed by atoms with Crippen LogP contribution < -0.4 is 10.1 Å². The van der Waals surface area contributed by atoms with Crippen molar-refractivity contribution in [3.63, 3.8) is 0 Å². The van der Waals surface area contributed by atoms with Crippen LogP contribution >= 0.6 is 0 Å². The highest BCUT2D eigenvalue weighted by molar-refractivity contribution is 5.90. The third-order valence-corrected chi connectivity index (χ3v) is 3.32. The Balaban J connectivity index is 1.64. The molecule has 0 aliphatic rings. The topological polar surface area (TPSA) is 69.0 Å². The first-order chi connectivity index (χ1) is 12.1. The van der Waals surface area contributed by atoms with Crippen molar-refractivity contribution in [2.45, 2.75) is 13.2 Å². The molecule has 25 heavy (non-hydrogen) atoms. The molecule has 0 saturated heterocycles. The maximum Gasteiger partial charge on any atom is 0.387 e. The summed E-state index contributed by atoms with van der Waals surface area (Å²) in [4.78, 5) is 16.0. The van der Waals surface area contributed by atoms with E-state index < -0.39 is 12.5 Å². The molecule has 0 atom stereocenters. The Morgan fingerprint density at radius 1 is 1.12 bits per heavy atom. The number of halogens is 2. The van der Waals surface area contributed by atoms with Crippen LogP contribution in [-0.2, 0) is 6.54 Å². The number of rotatable bonds is 6. The Morgan fingerprint density at radius 3 is 2.52 bits per heavy atom. The van der Waals surface area contributed by atoms with Crippen molar-refractivity contribution in [2.24, 2.45) is 0 Å². The van der Waals surface area contributed by atoms with Crippen LogP contribution in [0.5, 0.6) is 5.75 Å². The Morgan fingerprint density at radius 2 is 1.84 bits per heavy atom. The molecule has 0 unspecified atom stereocenters. The zero-order valence-corrected chi connectivity index (χ0v) is 13.0. The highest BCUT2D eigenvalue weighted by Crippen LogP contribution is 2.16. The molecule has 0 spiro atoms. The molecule has 1 aromatic heterocycles. The summed E-state index contributed by atoms with van der Waals surface area (Å²) >= 11 is 0. The number of benzene rings is 2. The molecule has 128 valence electrons. The van der Waals surface area contributed by atoms with Gasteiger partial charge >= 0.3 is 6.61 Å². The Labute approximate surface area is 142 Å². The van der Waals surface area contributed by atoms with E-state index in [1.807, 2.05) is 30.3 Å². The van der Waals surface area contributed by atoms with Gasteiger partial charge in [-0.05, 0) is 29.8 Å². The number of alkyl halides is 2. The zero-order chi connectivity index (χ0) is 17.6. The van der Waals surface area contributed by atoms with Crippen LogP contribution in [0.4, 0.5) is 8.78 Å². The van der Waals surface area contributed by atoms with Crippen molar-refractivity contribution in [1.82, 2.24) is 20.1 Å². The van der Waals surface area contributed by atoms with Crippen LogP contribution in [0.3, 0.4) is 0 Å². The number of nitrogens with zero attached hydrogens (tertiary/aromatic N) is 3. The molecule has 3 aromatic rings. The standard InChI is InChI=1S/C17H14F2N4O2/c18-17(19)25-14-8-6-13(7-9-14)23-11-21-15(22-23)16(24)20-10-12-4-2-1-3-5-12/h1-9,11,17H,10H2,(H,20,24). The normalized spacial score (nSPS) is 10.7. The summed E-state index contributed by atoms with van der Waals surface area (Å²) in [6.45, 7) is -2.51. The third kappa shape index (κ3) is 4.37. The first-order valence-corrected chi connectivity index (χ1v) is 7.41. The summed E-state index contributed by atoms with van der Waals surface area (Å²) in [5.41, 5.74) is 1.53. The maximum atomic E-state index is 12.1. The van der Waals surface area contributed by atoms with E-state index in [-0.39, 0.29) is 11.6 Å². The lowest BCUT2D eigenvalue weighted by molar-refractivity contribution is -0.0498. The van der Waals surface area contributed by atoms with E-state index in [2.05, 4.69) is 20.1 Å². The van der Waals surface area contributed by atoms with Gasteiger partial charge in [-0.3, -0.25) is 4.79 Å². The average molecular weight is 344 g/mol. The van der Waals surface area contributed by atoms with Gasteiger partial charge in [-0.1, -0.05) is 30.3 Å². The second kappa shape index (κ2) is 7.52. The SMILES string of the molecule is O=C(NCc1ccccc1)c1ncn(-c2ccc(OC(F)F)cc2)n1. The molecule has 0 bridgehead atoms. The van der Waals surface area contributed by atoms with Crippen LogP contribution in [0.2, 0.25) is 0 Å². The molecule has 0 aliphatic carbocycles. The number of amides is 1. The predicted octanol–water partition coefficient (Wildman–Crippen LogP) is 2.80. The van der Waals surface area contributed by atoms with Gasteiger partial charge in [0.2, 0.25) is 5.82 Å². The third-order valence-electron chi connectivity index (χ3n) is 3.32. The van der Waals surface area contributed by atoms with E-state index in [4.69, 9.17) is 0 Å². The number of carbonyl (C=O) groups is 1. The highest BCUT2D eigenvalue weighted by Gasteiger charge is 2.12. The Kier molecular flexibility index (Phi) is 4.98. The van der Waals surface area contributed by atoms with E-state index in [1.54, 1.807) is 0 Å². The fourth-order valence-electron chi connectivity index (χ4n) is 2.13. The second-order valence-electron chi connectivity index (χ2n) is 5.05. The summed E-state index contributed by atoms with van der Waals surface area (Å²) in [5, 5.41) is 6.82. The van der Waals surface area contributed by atoms with Crippen LogP contribution in [0.1, 0.15) is 16.2 Å². The number of hydrogen-bond acceptors (Lipinski definition) is 4. The summed E-state index contributed by atoms with van der Waals surface area (Å²) < 4.78 is 29.9. The molecule has 3 rings (SSSR count). The lowest BCUT2D eigenvalue weighted by Gasteiger charge is -2.05. The van der Waals surface area contributed by atoms with Gasteiger partial charge in [-0.2, -0.15) is 8.78 Å². The van der Waals surface area contributed by atoms with E-state index >= 15 is 0 Å². The smallest absolute Gasteiger partial charge is 0.387 e. The lowest BCUT2D eigenvalue weighted by Crippen LogP contribution is -2.24. The number of ether oxygens (including phenoxy) is 1. The monoisotopic (exact) mass is 344 g/mol. The minimum atomic E-state index is -2.88. The van der Waals surface area contributed by atoms with Crippen LogP contribution in [0, 0.1) is 0 Å². The van der Waals surface area contributed by atoms with Gasteiger partial charge in [-0.15, -0.1) is 5.10 Å². The highest BCUT2D eigenvalue weighted by atomic mass is 19.3. The molecule has 0 fully saturated rings. The van der Waals surface area contributed by atoms with Crippen LogP contribution in [0.15, 0.2) is 60.9 Å². The summed E-state index contributed by atoms with van der Waals surface area (Å²) in [5.74, 6) is -0.344. The van der Waals surface area contributed by atoms with Crippen molar-refractivity contribution in [3.8, 4) is 11.4 Å². The molecule has 0 radical (unpaired) electrons. The molecular weight excluding hydrogens is 330 g/mol. The van der Waals surface area contributed by atoms with Crippen molar-refractivity contribution < 1.29 is 18.3 Å². The van der Waals surface area contributed by atoms with E-state index in [0.29, 0.717) is 12.2 Å². The van der Waals surface area contributed by atoms with Crippen molar-refractivity contribution in [2.75, 3.05) is 0 Å². The molecule has 0 aliphatic heterocycles. The molecule has 1 N–H and O–H groups in total. The van der Waals surface area contributed by atoms with Gasteiger partial charge < -0.3 is 10.1 Å². The molecular formula is C17H14F2N4O2. The summed E-state index contributed by atoms with van der Waals surface area (Å²) in [6.07, 6.45) is 1.38. The molecule has 0 saturated carbocycles. The largest absolute Gasteiger partial charge is 0.435 e. The van der Waals surface area contributed by atoms with Gasteiger partial charge in [-0.25, -0.2) is 9.67 Å². The summed E-state index contributed by atoms with van der Waals surface area (Å²) in [6, 6.07) is 15.3. The van der Waals surface area contributed by atoms with Crippen molar-refractivity contribution in [3.05, 3.63) is 72.3 Å². The minimum absolute atomic E-state index is 0.0174. The van der Waals surface area contributed by atoms with Gasteiger partial charge in [0.15, 0.2) is 0 Å². The molecule has 6 nitrogen and oxygen atoms in total. The van der Waals surface area contributed by atoms with Crippen molar-refractivity contribution >= 4 is 5.91 Å². The lowest BCUT2D eigenvalue weighted by atomic mass is 10.2. The van der Waals surface area contributed by atoms with E-state index in [9.17, 15) is 13.6 Å². The number of hydrogen-bond donors (Lipinski definition) is 1. The van der Waals surface area contributed by atoms with E-state index in [1.165, 1.54) is 35.3 Å². The van der Waals surface area contributed by atoms with Crippen molar-refractivity contribution in [1.29, 1.82) is 0 Å². The first kappa shape index (κ1) is 16.6. The average Bonchev–Trinajstić information content (AvgIpc) is 3.11. The van der Waals surface area contributed by atoms with Crippen LogP contribution in [-0.4, -0.2) is 27.3 Å². The summed E-state index contributed by atoms with van der Waals surface area (Å²) in [7, 11) is 0. The van der Waals surface area contributed by atoms with Crippen LogP contribution in [0.25, 0.3) is 5.69 Å². The van der Waals surface area contributed by atoms with Gasteiger partial charge in [0.1, 0.15) is 12.1 Å². The zero-order valence-electron chi connectivity index (χ0n) is 13.0. The maximum absolute atomic E-state index is 12.1. The Bertz CT molecular complexity index is 835. The molecule has 2 aromatic carbocycles. The number of carbonyl (C=O) groups excluding carboxylic acids is 1. The molecule has 1 amide bonds. The van der Waals surface area contributed by atoms with E-state index in [0.717, 1.165) is 5.56 Å². The van der Waals surface area contributed by atoms with Gasteiger partial charge in [0.05, 0.1) is 5.69 Å². The molecule has 8 heteroatoms. The second-order valence-corrected chi connectivity index (χ2v) is 5.05. The number of nitrogens with one attached hydrogen (secondary N) is 1. The molecule has 1 heterocycles.